The number of fused-ring (bicyclic) bond motifs is 2. The number of carbonyl (C=O) groups is 2. The van der Waals surface area contributed by atoms with Crippen LogP contribution < -0.4 is 113 Å². The van der Waals surface area contributed by atoms with E-state index in [0.717, 1.165) is 12.1 Å². The molecule has 0 saturated heterocycles. The van der Waals surface area contributed by atoms with E-state index in [-0.39, 0.29) is 135 Å². The molecule has 0 aliphatic rings. The fraction of sp³-hybridized carbons (Fsp3) is 0.0833. The predicted octanol–water partition coefficient (Wildman–Crippen LogP) is -2.73. The molecule has 0 atom stereocenters. The molecule has 4 aromatic carbocycles. The van der Waals surface area contributed by atoms with Crippen molar-refractivity contribution in [3.05, 3.63) is 60.7 Å². The van der Waals surface area contributed by atoms with Crippen LogP contribution in [0.25, 0.3) is 21.5 Å². The number of hydrogen-bond donors (Lipinski definition) is 2. The van der Waals surface area contributed by atoms with Crippen molar-refractivity contribution < 1.29 is 155 Å². The molecule has 46 heavy (non-hydrogen) atoms. The molecule has 14 nitrogen and oxygen atoms in total. The number of nitrogens with one attached hydrogen (secondary N) is 2. The smallest absolute Gasteiger partial charge is 0.744 e. The fourth-order valence-corrected chi connectivity index (χ4v) is 7.13. The van der Waals surface area contributed by atoms with Crippen LogP contribution in [0.5, 0.6) is 0 Å². The summed E-state index contributed by atoms with van der Waals surface area (Å²) in [5.74, 6) is -0.751. The summed E-state index contributed by atoms with van der Waals surface area (Å²) >= 11 is 0. The van der Waals surface area contributed by atoms with Gasteiger partial charge in [0, 0.05) is 57.4 Å². The summed E-state index contributed by atoms with van der Waals surface area (Å²) in [6, 6.07) is 11.8. The van der Waals surface area contributed by atoms with Gasteiger partial charge in [-0.15, -0.1) is 0 Å². The van der Waals surface area contributed by atoms with Gasteiger partial charge in [-0.05, 0) is 59.3 Å². The van der Waals surface area contributed by atoms with E-state index in [1.807, 2.05) is 0 Å². The van der Waals surface area contributed by atoms with Crippen molar-refractivity contribution in [3.8, 4) is 0 Å². The van der Waals surface area contributed by atoms with Crippen molar-refractivity contribution in [1.82, 2.24) is 0 Å². The van der Waals surface area contributed by atoms with E-state index in [1.54, 1.807) is 0 Å². The van der Waals surface area contributed by atoms with Crippen molar-refractivity contribution in [2.24, 2.45) is 0 Å². The Morgan fingerprint density at radius 3 is 1.30 bits per heavy atom. The summed E-state index contributed by atoms with van der Waals surface area (Å²) in [5.41, 5.74) is 0.575. The summed E-state index contributed by atoms with van der Waals surface area (Å²) in [7, 11) is -7.68. The topological polar surface area (TPSA) is 241 Å². The SMILES string of the molecule is CC(=O)Nc1ccc2cc(S(=O)(=O)Cl)cc(S(=O)(=O)Cl)c2c1.CC(=O)Nc1ccc2cc(S(=O)(=O)[O-])cc(S(=O)(=O)[O-])c2c1.[K+].[K+]. The molecule has 236 valence electrons. The van der Waals surface area contributed by atoms with Gasteiger partial charge in [-0.25, -0.2) is 33.7 Å². The van der Waals surface area contributed by atoms with Gasteiger partial charge in [-0.1, -0.05) is 12.1 Å². The summed E-state index contributed by atoms with van der Waals surface area (Å²) < 4.78 is 113. The average Bonchev–Trinajstić information content (AvgIpc) is 2.84. The maximum absolute atomic E-state index is 11.7. The minimum atomic E-state index is -5.02. The summed E-state index contributed by atoms with van der Waals surface area (Å²) in [4.78, 5) is 19.6. The second kappa shape index (κ2) is 16.7. The number of rotatable bonds is 6. The number of benzene rings is 4. The Morgan fingerprint density at radius 2 is 0.957 bits per heavy atom. The van der Waals surface area contributed by atoms with E-state index in [4.69, 9.17) is 21.4 Å². The summed E-state index contributed by atoms with van der Waals surface area (Å²) in [5, 5.41) is 5.36. The Balaban J connectivity index is 0.000000441. The Labute approximate surface area is 358 Å². The molecule has 0 radical (unpaired) electrons. The molecule has 0 aliphatic carbocycles. The van der Waals surface area contributed by atoms with E-state index >= 15 is 0 Å². The van der Waals surface area contributed by atoms with Crippen molar-refractivity contribution in [1.29, 1.82) is 0 Å². The second-order valence-electron chi connectivity index (χ2n) is 8.86. The zero-order valence-corrected chi connectivity index (χ0v) is 35.1. The predicted molar refractivity (Wildman–Crippen MR) is 159 cm³/mol. The van der Waals surface area contributed by atoms with Crippen molar-refractivity contribution >= 4 is 104 Å². The quantitative estimate of drug-likeness (QED) is 0.115. The molecule has 0 aromatic heterocycles. The number of amides is 2. The minimum absolute atomic E-state index is 0. The van der Waals surface area contributed by atoms with Crippen LogP contribution in [-0.4, -0.2) is 54.6 Å². The summed E-state index contributed by atoms with van der Waals surface area (Å²) in [6.45, 7) is 2.54. The van der Waals surface area contributed by atoms with Crippen LogP contribution in [0.15, 0.2) is 80.2 Å². The van der Waals surface area contributed by atoms with Crippen LogP contribution in [0.3, 0.4) is 0 Å². The van der Waals surface area contributed by atoms with E-state index in [9.17, 15) is 52.4 Å². The zero-order chi connectivity index (χ0) is 33.4. The first kappa shape index (κ1) is 43.9. The van der Waals surface area contributed by atoms with Gasteiger partial charge in [0.15, 0.2) is 0 Å². The van der Waals surface area contributed by atoms with Crippen LogP contribution in [0.1, 0.15) is 13.8 Å². The van der Waals surface area contributed by atoms with Gasteiger partial charge in [0.25, 0.3) is 18.1 Å². The first-order valence-corrected chi connectivity index (χ1v) is 18.9. The number of hydrogen-bond acceptors (Lipinski definition) is 12. The number of carbonyl (C=O) groups excluding carboxylic acids is 2. The molecular formula is C24H18Cl2K2N2O12S4. The third-order valence-corrected chi connectivity index (χ3v) is 9.91. The molecule has 0 fully saturated rings. The first-order valence-electron chi connectivity index (χ1n) is 11.5. The molecule has 0 bridgehead atoms. The van der Waals surface area contributed by atoms with Crippen LogP contribution in [0.2, 0.25) is 0 Å². The molecule has 2 N–H and O–H groups in total. The normalized spacial score (nSPS) is 11.8. The van der Waals surface area contributed by atoms with E-state index in [0.29, 0.717) is 17.1 Å². The molecule has 0 spiro atoms. The average molecular weight is 804 g/mol. The molecule has 2 amide bonds. The molecular weight excluding hydrogens is 786 g/mol. The van der Waals surface area contributed by atoms with Crippen LogP contribution in [-0.2, 0) is 47.9 Å². The van der Waals surface area contributed by atoms with Crippen LogP contribution in [0, 0.1) is 0 Å². The minimum Gasteiger partial charge on any atom is -0.744 e. The summed E-state index contributed by atoms with van der Waals surface area (Å²) in [6.07, 6.45) is 0. The number of halogens is 2. The van der Waals surface area contributed by atoms with E-state index < -0.39 is 58.9 Å². The van der Waals surface area contributed by atoms with Crippen molar-refractivity contribution in [3.63, 3.8) is 0 Å². The van der Waals surface area contributed by atoms with Gasteiger partial charge in [-0.2, -0.15) is 0 Å². The Kier molecular flexibility index (Phi) is 16.0. The van der Waals surface area contributed by atoms with E-state index in [1.165, 1.54) is 56.3 Å². The van der Waals surface area contributed by atoms with Gasteiger partial charge in [0.2, 0.25) is 11.8 Å². The Morgan fingerprint density at radius 1 is 0.565 bits per heavy atom. The van der Waals surface area contributed by atoms with Crippen LogP contribution >= 0.6 is 21.4 Å². The Bertz CT molecular complexity index is 2140. The molecule has 0 aliphatic heterocycles. The molecule has 0 saturated carbocycles. The molecule has 4 aromatic rings. The monoisotopic (exact) mass is 802 g/mol. The van der Waals surface area contributed by atoms with Crippen molar-refractivity contribution in [2.75, 3.05) is 10.6 Å². The Hall–Kier alpha value is -0.0873. The maximum Gasteiger partial charge on any atom is 1.00 e. The zero-order valence-electron chi connectivity index (χ0n) is 24.1. The molecule has 0 heterocycles. The van der Waals surface area contributed by atoms with Gasteiger partial charge < -0.3 is 19.7 Å². The fourth-order valence-electron chi connectivity index (χ4n) is 3.85. The van der Waals surface area contributed by atoms with Crippen LogP contribution in [0.4, 0.5) is 11.4 Å². The van der Waals surface area contributed by atoms with E-state index in [2.05, 4.69) is 10.6 Å². The number of anilines is 2. The first-order chi connectivity index (χ1) is 20.0. The van der Waals surface area contributed by atoms with Gasteiger partial charge in [0.05, 0.1) is 19.6 Å². The largest absolute Gasteiger partial charge is 1.00 e. The van der Waals surface area contributed by atoms with Crippen molar-refractivity contribution in [2.45, 2.75) is 33.4 Å². The molecule has 4 rings (SSSR count). The van der Waals surface area contributed by atoms with Gasteiger partial charge >= 0.3 is 103 Å². The molecule has 22 heteroatoms. The van der Waals surface area contributed by atoms with Gasteiger partial charge in [-0.3, -0.25) is 9.59 Å². The standard InChI is InChI=1S/C12H9Cl2NO5S2.C12H11NO7S2.2K/c1-7(16)15-9-3-2-8-4-10(21(13,17)18)6-12(11(8)5-9)22(14,19)20;1-7(14)13-9-3-2-8-4-10(21(15,16)17)6-12(11(8)5-9)22(18,19)20;;/h2-6H,1H3,(H,15,16);2-6H,1H3,(H,13,14)(H,15,16,17)(H,18,19,20);;/q;;2*+1/p-2. The second-order valence-corrected chi connectivity index (χ2v) is 16.7. The van der Waals surface area contributed by atoms with Gasteiger partial charge in [0.1, 0.15) is 20.2 Å². The third kappa shape index (κ3) is 12.1. The maximum atomic E-state index is 11.7. The third-order valence-electron chi connectivity index (χ3n) is 5.52. The molecule has 0 unspecified atom stereocenters.